The summed E-state index contributed by atoms with van der Waals surface area (Å²) < 4.78 is 13.1. The largest absolute Gasteiger partial charge is 0.504 e. The van der Waals surface area contributed by atoms with Gasteiger partial charge in [-0.2, -0.15) is 5.26 Å². The number of phenols is 1. The van der Waals surface area contributed by atoms with Gasteiger partial charge in [0.25, 0.3) is 0 Å². The van der Waals surface area contributed by atoms with Crippen molar-refractivity contribution in [2.45, 2.75) is 24.9 Å². The quantitative estimate of drug-likeness (QED) is 0.771. The molecule has 2 N–H and O–H groups in total. The van der Waals surface area contributed by atoms with Crippen LogP contribution in [0.5, 0.6) is 5.75 Å². The first kappa shape index (κ1) is 9.94. The van der Waals surface area contributed by atoms with Crippen LogP contribution in [0.4, 0.5) is 4.39 Å². The molecule has 15 heavy (non-hydrogen) atoms. The Morgan fingerprint density at radius 2 is 2.13 bits per heavy atom. The summed E-state index contributed by atoms with van der Waals surface area (Å²) in [5, 5.41) is 27.5. The van der Waals surface area contributed by atoms with Crippen LogP contribution in [0.15, 0.2) is 12.1 Å². The maximum atomic E-state index is 13.1. The van der Waals surface area contributed by atoms with Gasteiger partial charge in [-0.3, -0.25) is 0 Å². The Hall–Kier alpha value is -1.60. The summed E-state index contributed by atoms with van der Waals surface area (Å²) in [5.41, 5.74) is -0.271. The Morgan fingerprint density at radius 3 is 2.67 bits per heavy atom. The summed E-state index contributed by atoms with van der Waals surface area (Å²) in [4.78, 5) is 0. The minimum Gasteiger partial charge on any atom is -0.504 e. The van der Waals surface area contributed by atoms with Gasteiger partial charge in [0.2, 0.25) is 0 Å². The molecule has 0 aromatic heterocycles. The number of nitriles is 1. The number of hydrogen-bond donors (Lipinski definition) is 2. The van der Waals surface area contributed by atoms with E-state index in [1.54, 1.807) is 6.07 Å². The van der Waals surface area contributed by atoms with Crippen LogP contribution < -0.4 is 0 Å². The molecule has 1 aliphatic carbocycles. The SMILES string of the molecule is N#Cc1cc(CC2(O)CC2)cc(F)c1O. The van der Waals surface area contributed by atoms with E-state index in [1.807, 2.05) is 0 Å². The van der Waals surface area contributed by atoms with Gasteiger partial charge in [-0.25, -0.2) is 4.39 Å². The zero-order valence-electron chi connectivity index (χ0n) is 8.00. The van der Waals surface area contributed by atoms with E-state index in [-0.39, 0.29) is 5.56 Å². The number of phenolic OH excluding ortho intramolecular Hbond substituents is 1. The normalized spacial score (nSPS) is 17.1. The van der Waals surface area contributed by atoms with Gasteiger partial charge in [-0.15, -0.1) is 0 Å². The first-order valence-electron chi connectivity index (χ1n) is 4.68. The fourth-order valence-electron chi connectivity index (χ4n) is 1.54. The zero-order chi connectivity index (χ0) is 11.1. The molecule has 0 unspecified atom stereocenters. The van der Waals surface area contributed by atoms with Crippen molar-refractivity contribution in [1.29, 1.82) is 5.26 Å². The van der Waals surface area contributed by atoms with Gasteiger partial charge in [0.15, 0.2) is 11.6 Å². The second kappa shape index (κ2) is 3.21. The van der Waals surface area contributed by atoms with Crippen LogP contribution in [0, 0.1) is 17.1 Å². The van der Waals surface area contributed by atoms with Crippen LogP contribution in [0.25, 0.3) is 0 Å². The monoisotopic (exact) mass is 207 g/mol. The average molecular weight is 207 g/mol. The maximum absolute atomic E-state index is 13.1. The van der Waals surface area contributed by atoms with Crippen molar-refractivity contribution in [3.8, 4) is 11.8 Å². The first-order chi connectivity index (χ1) is 7.04. The van der Waals surface area contributed by atoms with Gasteiger partial charge in [0, 0.05) is 6.42 Å². The average Bonchev–Trinajstić information content (AvgIpc) is 2.89. The van der Waals surface area contributed by atoms with E-state index < -0.39 is 17.2 Å². The minimum atomic E-state index is -0.812. The van der Waals surface area contributed by atoms with Crippen LogP contribution >= 0.6 is 0 Å². The van der Waals surface area contributed by atoms with Crippen LogP contribution in [0.3, 0.4) is 0 Å². The molecule has 0 heterocycles. The highest BCUT2D eigenvalue weighted by molar-refractivity contribution is 5.46. The number of hydrogen-bond acceptors (Lipinski definition) is 3. The lowest BCUT2D eigenvalue weighted by molar-refractivity contribution is 0.151. The van der Waals surface area contributed by atoms with Gasteiger partial charge in [-0.05, 0) is 30.5 Å². The van der Waals surface area contributed by atoms with E-state index >= 15 is 0 Å². The van der Waals surface area contributed by atoms with Crippen molar-refractivity contribution in [3.63, 3.8) is 0 Å². The smallest absolute Gasteiger partial charge is 0.169 e. The van der Waals surface area contributed by atoms with Crippen molar-refractivity contribution in [1.82, 2.24) is 0 Å². The zero-order valence-corrected chi connectivity index (χ0v) is 8.00. The topological polar surface area (TPSA) is 64.2 Å². The van der Waals surface area contributed by atoms with Gasteiger partial charge in [-0.1, -0.05) is 0 Å². The second-order valence-electron chi connectivity index (χ2n) is 3.99. The molecule has 4 heteroatoms. The Kier molecular flexibility index (Phi) is 2.13. The predicted octanol–water partition coefficient (Wildman–Crippen LogP) is 1.47. The van der Waals surface area contributed by atoms with Crippen LogP contribution in [-0.4, -0.2) is 15.8 Å². The number of aliphatic hydroxyl groups is 1. The summed E-state index contributed by atoms with van der Waals surface area (Å²) in [6.45, 7) is 0. The van der Waals surface area contributed by atoms with E-state index in [9.17, 15) is 14.6 Å². The lowest BCUT2D eigenvalue weighted by atomic mass is 10.0. The summed E-state index contributed by atoms with van der Waals surface area (Å²) in [6.07, 6.45) is 1.74. The van der Waals surface area contributed by atoms with E-state index in [0.717, 1.165) is 6.07 Å². The van der Waals surface area contributed by atoms with Crippen molar-refractivity contribution in [2.24, 2.45) is 0 Å². The van der Waals surface area contributed by atoms with Crippen LogP contribution in [0.1, 0.15) is 24.0 Å². The highest BCUT2D eigenvalue weighted by atomic mass is 19.1. The highest BCUT2D eigenvalue weighted by Crippen LogP contribution is 2.39. The lowest BCUT2D eigenvalue weighted by Gasteiger charge is -2.08. The Balaban J connectivity index is 2.33. The molecule has 0 aliphatic heterocycles. The molecule has 1 fully saturated rings. The van der Waals surface area contributed by atoms with Gasteiger partial charge < -0.3 is 10.2 Å². The molecule has 1 aliphatic rings. The molecule has 0 amide bonds. The molecule has 0 radical (unpaired) electrons. The Bertz CT molecular complexity index is 447. The van der Waals surface area contributed by atoms with E-state index in [2.05, 4.69) is 0 Å². The Morgan fingerprint density at radius 1 is 1.47 bits per heavy atom. The maximum Gasteiger partial charge on any atom is 0.169 e. The summed E-state index contributed by atoms with van der Waals surface area (Å²) in [7, 11) is 0. The predicted molar refractivity (Wildman–Crippen MR) is 50.7 cm³/mol. The highest BCUT2D eigenvalue weighted by Gasteiger charge is 2.40. The molecule has 1 aromatic rings. The standard InChI is InChI=1S/C11H10FNO2/c12-9-4-7(5-11(15)1-2-11)3-8(6-13)10(9)14/h3-4,14-15H,1-2,5H2. The van der Waals surface area contributed by atoms with Crippen molar-refractivity contribution in [2.75, 3.05) is 0 Å². The van der Waals surface area contributed by atoms with Crippen molar-refractivity contribution < 1.29 is 14.6 Å². The first-order valence-corrected chi connectivity index (χ1v) is 4.68. The molecule has 2 rings (SSSR count). The molecule has 0 saturated heterocycles. The van der Waals surface area contributed by atoms with Crippen LogP contribution in [-0.2, 0) is 6.42 Å². The van der Waals surface area contributed by atoms with Gasteiger partial charge in [0.05, 0.1) is 11.2 Å². The third kappa shape index (κ3) is 1.92. The summed E-state index contributed by atoms with van der Waals surface area (Å²) in [6, 6.07) is 4.28. The van der Waals surface area contributed by atoms with Crippen molar-refractivity contribution >= 4 is 0 Å². The summed E-state index contributed by atoms with van der Waals surface area (Å²) >= 11 is 0. The van der Waals surface area contributed by atoms with E-state index in [1.165, 1.54) is 6.07 Å². The summed E-state index contributed by atoms with van der Waals surface area (Å²) in [5.74, 6) is -1.43. The number of nitrogens with zero attached hydrogens (tertiary/aromatic N) is 1. The number of aromatic hydroxyl groups is 1. The third-order valence-corrected chi connectivity index (χ3v) is 2.60. The molecule has 0 spiro atoms. The molecule has 0 bridgehead atoms. The number of benzene rings is 1. The van der Waals surface area contributed by atoms with Crippen molar-refractivity contribution in [3.05, 3.63) is 29.1 Å². The molecule has 78 valence electrons. The number of rotatable bonds is 2. The molecular formula is C11H10FNO2. The molecular weight excluding hydrogens is 197 g/mol. The lowest BCUT2D eigenvalue weighted by Crippen LogP contribution is -2.11. The molecule has 3 nitrogen and oxygen atoms in total. The molecule has 1 saturated carbocycles. The van der Waals surface area contributed by atoms with Gasteiger partial charge in [0.1, 0.15) is 6.07 Å². The second-order valence-corrected chi connectivity index (χ2v) is 3.99. The Labute approximate surface area is 86.4 Å². The number of halogens is 1. The van der Waals surface area contributed by atoms with Gasteiger partial charge >= 0.3 is 0 Å². The fourth-order valence-corrected chi connectivity index (χ4v) is 1.54. The molecule has 0 atom stereocenters. The van der Waals surface area contributed by atoms with Crippen LogP contribution in [0.2, 0.25) is 0 Å². The minimum absolute atomic E-state index is 0.0887. The fraction of sp³-hybridized carbons (Fsp3) is 0.364. The third-order valence-electron chi connectivity index (χ3n) is 2.60. The van der Waals surface area contributed by atoms with E-state index in [0.29, 0.717) is 24.8 Å². The van der Waals surface area contributed by atoms with E-state index in [4.69, 9.17) is 5.26 Å². The molecule has 1 aromatic carbocycles.